The van der Waals surface area contributed by atoms with Crippen molar-refractivity contribution in [1.29, 1.82) is 0 Å². The van der Waals surface area contributed by atoms with Gasteiger partial charge in [-0.2, -0.15) is 0 Å². The average molecular weight is 310 g/mol. The van der Waals surface area contributed by atoms with Crippen molar-refractivity contribution in [2.24, 2.45) is 5.92 Å². The van der Waals surface area contributed by atoms with Gasteiger partial charge >= 0.3 is 0 Å². The van der Waals surface area contributed by atoms with E-state index in [1.807, 2.05) is 0 Å². The molecule has 0 bridgehead atoms. The fourth-order valence-electron chi connectivity index (χ4n) is 3.10. The van der Waals surface area contributed by atoms with Gasteiger partial charge in [0.05, 0.1) is 0 Å². The van der Waals surface area contributed by atoms with Crippen molar-refractivity contribution in [2.45, 2.75) is 38.5 Å². The average Bonchev–Trinajstić information content (AvgIpc) is 2.75. The van der Waals surface area contributed by atoms with E-state index in [0.29, 0.717) is 0 Å². The SMILES string of the molecule is BrCC1CCN(c2ncnc3c2CCCCC3)C1. The van der Waals surface area contributed by atoms with Gasteiger partial charge in [0.2, 0.25) is 0 Å². The van der Waals surface area contributed by atoms with Gasteiger partial charge in [-0.1, -0.05) is 22.4 Å². The lowest BCUT2D eigenvalue weighted by molar-refractivity contribution is 0.674. The first kappa shape index (κ1) is 12.4. The van der Waals surface area contributed by atoms with Crippen molar-refractivity contribution in [3.8, 4) is 0 Å². The minimum absolute atomic E-state index is 0.779. The summed E-state index contributed by atoms with van der Waals surface area (Å²) >= 11 is 3.60. The quantitative estimate of drug-likeness (QED) is 0.621. The van der Waals surface area contributed by atoms with E-state index in [1.54, 1.807) is 6.33 Å². The number of hydrogen-bond acceptors (Lipinski definition) is 3. The van der Waals surface area contributed by atoms with Crippen molar-refractivity contribution in [3.63, 3.8) is 0 Å². The number of nitrogens with zero attached hydrogens (tertiary/aromatic N) is 3. The van der Waals surface area contributed by atoms with Crippen molar-refractivity contribution < 1.29 is 0 Å². The Bertz CT molecular complexity index is 422. The van der Waals surface area contributed by atoms with Crippen LogP contribution in [0, 0.1) is 5.92 Å². The summed E-state index contributed by atoms with van der Waals surface area (Å²) in [7, 11) is 0. The van der Waals surface area contributed by atoms with Gasteiger partial charge in [0.1, 0.15) is 12.1 Å². The monoisotopic (exact) mass is 309 g/mol. The predicted molar refractivity (Wildman–Crippen MR) is 77.4 cm³/mol. The molecule has 0 spiro atoms. The maximum absolute atomic E-state index is 4.58. The summed E-state index contributed by atoms with van der Waals surface area (Å²) in [4.78, 5) is 11.6. The minimum atomic E-state index is 0.779. The first-order chi connectivity index (χ1) is 8.88. The van der Waals surface area contributed by atoms with Gasteiger partial charge < -0.3 is 4.90 Å². The van der Waals surface area contributed by atoms with E-state index in [1.165, 1.54) is 49.2 Å². The van der Waals surface area contributed by atoms with Crippen LogP contribution < -0.4 is 4.90 Å². The van der Waals surface area contributed by atoms with Crippen LogP contribution in [-0.4, -0.2) is 28.4 Å². The van der Waals surface area contributed by atoms with Crippen LogP contribution in [0.1, 0.15) is 36.9 Å². The number of hydrogen-bond donors (Lipinski definition) is 0. The summed E-state index contributed by atoms with van der Waals surface area (Å²) in [5.41, 5.74) is 2.74. The zero-order valence-electron chi connectivity index (χ0n) is 10.7. The van der Waals surface area contributed by atoms with Crippen molar-refractivity contribution in [2.75, 3.05) is 23.3 Å². The van der Waals surface area contributed by atoms with E-state index >= 15 is 0 Å². The molecule has 0 saturated carbocycles. The second-order valence-corrected chi connectivity index (χ2v) is 6.09. The second-order valence-electron chi connectivity index (χ2n) is 5.44. The highest BCUT2D eigenvalue weighted by Crippen LogP contribution is 2.30. The molecule has 18 heavy (non-hydrogen) atoms. The fraction of sp³-hybridized carbons (Fsp3) is 0.714. The Hall–Kier alpha value is -0.640. The molecule has 1 saturated heterocycles. The third-order valence-corrected chi connectivity index (χ3v) is 5.07. The van der Waals surface area contributed by atoms with E-state index in [9.17, 15) is 0 Å². The molecule has 0 radical (unpaired) electrons. The predicted octanol–water partition coefficient (Wildman–Crippen LogP) is 2.97. The number of aromatic nitrogens is 2. The summed E-state index contributed by atoms with van der Waals surface area (Å²) < 4.78 is 0. The van der Waals surface area contributed by atoms with Gasteiger partial charge in [0, 0.05) is 29.7 Å². The highest BCUT2D eigenvalue weighted by Gasteiger charge is 2.26. The molecule has 1 aliphatic carbocycles. The second kappa shape index (κ2) is 5.55. The van der Waals surface area contributed by atoms with Gasteiger partial charge in [-0.3, -0.25) is 0 Å². The van der Waals surface area contributed by atoms with Gasteiger partial charge in [0.15, 0.2) is 0 Å². The first-order valence-corrected chi connectivity index (χ1v) is 8.14. The third kappa shape index (κ3) is 2.40. The van der Waals surface area contributed by atoms with Crippen molar-refractivity contribution in [1.82, 2.24) is 9.97 Å². The van der Waals surface area contributed by atoms with Crippen LogP contribution in [0.5, 0.6) is 0 Å². The smallest absolute Gasteiger partial charge is 0.135 e. The molecular formula is C14H20BrN3. The maximum atomic E-state index is 4.58. The summed E-state index contributed by atoms with van der Waals surface area (Å²) in [5, 5.41) is 1.11. The van der Waals surface area contributed by atoms with Crippen molar-refractivity contribution in [3.05, 3.63) is 17.6 Å². The zero-order valence-corrected chi connectivity index (χ0v) is 12.3. The van der Waals surface area contributed by atoms with Crippen LogP contribution in [0.3, 0.4) is 0 Å². The number of alkyl halides is 1. The molecule has 1 unspecified atom stereocenters. The van der Waals surface area contributed by atoms with Crippen LogP contribution >= 0.6 is 15.9 Å². The Morgan fingerprint density at radius 1 is 1.22 bits per heavy atom. The molecule has 0 amide bonds. The molecule has 1 aromatic rings. The Balaban J connectivity index is 1.88. The van der Waals surface area contributed by atoms with Gasteiger partial charge in [-0.05, 0) is 38.0 Å². The Morgan fingerprint density at radius 2 is 2.11 bits per heavy atom. The molecule has 98 valence electrons. The molecule has 3 rings (SSSR count). The molecule has 3 nitrogen and oxygen atoms in total. The summed E-state index contributed by atoms with van der Waals surface area (Å²) in [6, 6.07) is 0. The summed E-state index contributed by atoms with van der Waals surface area (Å²) in [6.45, 7) is 2.30. The number of fused-ring (bicyclic) bond motifs is 1. The highest BCUT2D eigenvalue weighted by atomic mass is 79.9. The van der Waals surface area contributed by atoms with Gasteiger partial charge in [-0.25, -0.2) is 9.97 Å². The van der Waals surface area contributed by atoms with Crippen LogP contribution in [0.25, 0.3) is 0 Å². The molecule has 1 aliphatic heterocycles. The van der Waals surface area contributed by atoms with Crippen molar-refractivity contribution >= 4 is 21.7 Å². The third-order valence-electron chi connectivity index (χ3n) is 4.16. The van der Waals surface area contributed by atoms with E-state index in [2.05, 4.69) is 30.8 Å². The minimum Gasteiger partial charge on any atom is -0.356 e. The molecule has 2 heterocycles. The van der Waals surface area contributed by atoms with Crippen LogP contribution in [0.4, 0.5) is 5.82 Å². The Labute approximate surface area is 117 Å². The number of aryl methyl sites for hydroxylation is 1. The topological polar surface area (TPSA) is 29.0 Å². The maximum Gasteiger partial charge on any atom is 0.135 e. The molecule has 1 aromatic heterocycles. The van der Waals surface area contributed by atoms with Crippen LogP contribution in [0.2, 0.25) is 0 Å². The van der Waals surface area contributed by atoms with Crippen LogP contribution in [-0.2, 0) is 12.8 Å². The van der Waals surface area contributed by atoms with Crippen LogP contribution in [0.15, 0.2) is 6.33 Å². The van der Waals surface area contributed by atoms with Gasteiger partial charge in [0.25, 0.3) is 0 Å². The number of rotatable bonds is 2. The Kier molecular flexibility index (Phi) is 3.83. The molecule has 0 aromatic carbocycles. The molecule has 4 heteroatoms. The van der Waals surface area contributed by atoms with E-state index in [0.717, 1.165) is 30.8 Å². The largest absolute Gasteiger partial charge is 0.356 e. The number of halogens is 1. The van der Waals surface area contributed by atoms with E-state index in [-0.39, 0.29) is 0 Å². The Morgan fingerprint density at radius 3 is 2.94 bits per heavy atom. The van der Waals surface area contributed by atoms with Gasteiger partial charge in [-0.15, -0.1) is 0 Å². The lowest BCUT2D eigenvalue weighted by Gasteiger charge is -2.21. The molecule has 2 aliphatic rings. The van der Waals surface area contributed by atoms with E-state index < -0.39 is 0 Å². The zero-order chi connectivity index (χ0) is 12.4. The number of anilines is 1. The lowest BCUT2D eigenvalue weighted by Crippen LogP contribution is -2.23. The first-order valence-electron chi connectivity index (χ1n) is 7.02. The van der Waals surface area contributed by atoms with E-state index in [4.69, 9.17) is 0 Å². The molecule has 1 fully saturated rings. The molecule has 1 atom stereocenters. The fourth-order valence-corrected chi connectivity index (χ4v) is 3.63. The normalized spacial score (nSPS) is 23.8. The lowest BCUT2D eigenvalue weighted by atomic mass is 10.1. The highest BCUT2D eigenvalue weighted by molar-refractivity contribution is 9.09. The molecule has 0 N–H and O–H groups in total. The summed E-state index contributed by atoms with van der Waals surface area (Å²) in [6.07, 6.45) is 9.27. The molecular weight excluding hydrogens is 290 g/mol. The summed E-state index contributed by atoms with van der Waals surface area (Å²) in [5.74, 6) is 2.01. The standard InChI is InChI=1S/C14H20BrN3/c15-8-11-6-7-18(9-11)14-12-4-2-1-3-5-13(12)16-10-17-14/h10-11H,1-9H2.